The Morgan fingerprint density at radius 2 is 1.40 bits per heavy atom. The smallest absolute Gasteiger partial charge is 0.407 e. The summed E-state index contributed by atoms with van der Waals surface area (Å²) < 4.78 is 20.6. The molecule has 52 heavy (non-hydrogen) atoms. The number of ether oxygens (including phenoxy) is 2. The molecule has 0 bridgehead atoms. The number of nitrogens with zero attached hydrogens (tertiary/aromatic N) is 2. The van der Waals surface area contributed by atoms with Gasteiger partial charge in [0.2, 0.25) is 8.32 Å². The van der Waals surface area contributed by atoms with E-state index in [1.807, 2.05) is 60.7 Å². The van der Waals surface area contributed by atoms with Gasteiger partial charge >= 0.3 is 17.8 Å². The molecule has 0 aliphatic carbocycles. The van der Waals surface area contributed by atoms with Crippen molar-refractivity contribution >= 4 is 37.8 Å². The third-order valence-electron chi connectivity index (χ3n) is 9.01. The number of Topliss-reactive ketones (excluding diaryl/α,β-unsaturated/α-hetero) is 1. The molecule has 1 heterocycles. The van der Waals surface area contributed by atoms with Crippen molar-refractivity contribution in [2.45, 2.75) is 104 Å². The Bertz CT molecular complexity index is 1670. The Labute approximate surface area is 314 Å². The number of benzene rings is 2. The van der Waals surface area contributed by atoms with Gasteiger partial charge in [-0.15, -0.1) is 11.6 Å². The highest BCUT2D eigenvalue weighted by molar-refractivity contribution is 6.77. The number of halogens is 1. The zero-order chi connectivity index (χ0) is 38.6. The van der Waals surface area contributed by atoms with Crippen molar-refractivity contribution in [3.8, 4) is 0 Å². The monoisotopic (exact) mass is 753 g/mol. The van der Waals surface area contributed by atoms with E-state index in [-0.39, 0.29) is 37.4 Å². The van der Waals surface area contributed by atoms with Gasteiger partial charge in [-0.3, -0.25) is 18.7 Å². The Morgan fingerprint density at radius 3 is 1.90 bits per heavy atom. The van der Waals surface area contributed by atoms with Gasteiger partial charge in [0.05, 0.1) is 25.1 Å². The average Bonchev–Trinajstić information content (AvgIpc) is 3.37. The van der Waals surface area contributed by atoms with Crippen molar-refractivity contribution in [3.63, 3.8) is 0 Å². The van der Waals surface area contributed by atoms with Crippen LogP contribution < -0.4 is 11.0 Å². The molecule has 1 unspecified atom stereocenters. The van der Waals surface area contributed by atoms with Crippen LogP contribution in [-0.4, -0.2) is 66.0 Å². The second-order valence-electron chi connectivity index (χ2n) is 15.0. The number of alkyl halides is 1. The lowest BCUT2D eigenvalue weighted by molar-refractivity contribution is -0.145. The van der Waals surface area contributed by atoms with Gasteiger partial charge in [0, 0.05) is 12.7 Å². The standard InChI is InChI=1S/C40H56ClN3O7Si/c1-28(2)52(29(3)4,30(5)6)51-33(23-41)21-16-22-49-37(46)34(24-42-38(47)50-40(7,8)9)36(45)35-27-43(25-31-17-12-10-13-18-31)39(48)44(35)26-32-19-14-11-15-20-32/h10-21,27-30,33-34H,22-26H2,1-9H3,(H,42,47)/b21-16+/t33-,34?/m0/s1. The Balaban J connectivity index is 1.92. The Kier molecular flexibility index (Phi) is 15.7. The molecule has 0 radical (unpaired) electrons. The molecular formula is C40H56ClN3O7Si. The molecule has 284 valence electrons. The molecule has 2 atom stereocenters. The number of hydrogen-bond acceptors (Lipinski definition) is 7. The van der Waals surface area contributed by atoms with E-state index in [4.69, 9.17) is 25.5 Å². The number of imidazole rings is 1. The first-order valence-electron chi connectivity index (χ1n) is 18.0. The summed E-state index contributed by atoms with van der Waals surface area (Å²) in [7, 11) is -2.23. The van der Waals surface area contributed by atoms with E-state index in [1.165, 1.54) is 15.3 Å². The van der Waals surface area contributed by atoms with Crippen molar-refractivity contribution in [2.75, 3.05) is 19.0 Å². The molecule has 1 N–H and O–H groups in total. The molecule has 0 aliphatic heterocycles. The number of carbonyl (C=O) groups is 3. The minimum absolute atomic E-state index is 0.0150. The molecule has 2 aromatic carbocycles. The molecule has 0 fully saturated rings. The lowest BCUT2D eigenvalue weighted by Crippen LogP contribution is -2.50. The summed E-state index contributed by atoms with van der Waals surface area (Å²) in [5.41, 5.74) is 1.53. The summed E-state index contributed by atoms with van der Waals surface area (Å²) in [5.74, 6) is -2.78. The van der Waals surface area contributed by atoms with Gasteiger partial charge in [0.25, 0.3) is 0 Å². The van der Waals surface area contributed by atoms with Crippen molar-refractivity contribution in [2.24, 2.45) is 5.92 Å². The van der Waals surface area contributed by atoms with E-state index >= 15 is 0 Å². The molecular weight excluding hydrogens is 698 g/mol. The molecule has 3 rings (SSSR count). The maximum atomic E-state index is 14.3. The van der Waals surface area contributed by atoms with E-state index in [9.17, 15) is 19.2 Å². The van der Waals surface area contributed by atoms with Gasteiger partial charge in [-0.05, 0) is 54.6 Å². The second kappa shape index (κ2) is 19.2. The van der Waals surface area contributed by atoms with Crippen LogP contribution in [0.3, 0.4) is 0 Å². The lowest BCUT2D eigenvalue weighted by Gasteiger charge is -2.44. The molecule has 0 saturated carbocycles. The maximum absolute atomic E-state index is 14.3. The predicted molar refractivity (Wildman–Crippen MR) is 209 cm³/mol. The van der Waals surface area contributed by atoms with E-state index in [0.717, 1.165) is 11.1 Å². The zero-order valence-corrected chi connectivity index (χ0v) is 33.8. The summed E-state index contributed by atoms with van der Waals surface area (Å²) in [6.07, 6.45) is 3.74. The van der Waals surface area contributed by atoms with Gasteiger partial charge in [-0.1, -0.05) is 108 Å². The third kappa shape index (κ3) is 11.5. The van der Waals surface area contributed by atoms with E-state index in [2.05, 4.69) is 46.9 Å². The van der Waals surface area contributed by atoms with Crippen molar-refractivity contribution < 1.29 is 28.3 Å². The van der Waals surface area contributed by atoms with E-state index in [0.29, 0.717) is 16.6 Å². The zero-order valence-electron chi connectivity index (χ0n) is 32.1. The molecule has 1 aromatic heterocycles. The SMILES string of the molecule is CC(C)[Si](O[C@@H](/C=C/COC(=O)C(CNC(=O)OC(C)(C)C)C(=O)c1cn(Cc2ccccc2)c(=O)n1Cc1ccccc1)CCl)(C(C)C)C(C)C. The van der Waals surface area contributed by atoms with Crippen LogP contribution in [0, 0.1) is 5.92 Å². The fourth-order valence-corrected chi connectivity index (χ4v) is 12.5. The molecule has 1 amide bonds. The van der Waals surface area contributed by atoms with Crippen molar-refractivity contribution in [3.05, 3.63) is 106 Å². The molecule has 0 spiro atoms. The third-order valence-corrected chi connectivity index (χ3v) is 15.4. The first kappa shape index (κ1) is 42.5. The summed E-state index contributed by atoms with van der Waals surface area (Å²) in [6, 6.07) is 18.6. The number of nitrogens with one attached hydrogen (secondary N) is 1. The average molecular weight is 754 g/mol. The van der Waals surface area contributed by atoms with E-state index in [1.54, 1.807) is 32.9 Å². The summed E-state index contributed by atoms with van der Waals surface area (Å²) >= 11 is 6.36. The quantitative estimate of drug-likeness (QED) is 0.0350. The topological polar surface area (TPSA) is 118 Å². The van der Waals surface area contributed by atoms with E-state index < -0.39 is 49.9 Å². The van der Waals surface area contributed by atoms with Crippen LogP contribution in [0.4, 0.5) is 4.79 Å². The number of aromatic nitrogens is 2. The minimum Gasteiger partial charge on any atom is -0.461 e. The highest BCUT2D eigenvalue weighted by Crippen LogP contribution is 2.43. The van der Waals surface area contributed by atoms with Gasteiger partial charge in [0.15, 0.2) is 5.78 Å². The highest BCUT2D eigenvalue weighted by atomic mass is 35.5. The summed E-state index contributed by atoms with van der Waals surface area (Å²) in [4.78, 5) is 54.5. The van der Waals surface area contributed by atoms with Gasteiger partial charge in [0.1, 0.15) is 23.8 Å². The van der Waals surface area contributed by atoms with Crippen LogP contribution >= 0.6 is 11.6 Å². The predicted octanol–water partition coefficient (Wildman–Crippen LogP) is 7.97. The molecule has 3 aromatic rings. The van der Waals surface area contributed by atoms with Crippen molar-refractivity contribution in [1.29, 1.82) is 0 Å². The Hall–Kier alpha value is -3.93. The van der Waals surface area contributed by atoms with Crippen LogP contribution in [0.2, 0.25) is 16.6 Å². The fraction of sp³-hybridized carbons (Fsp3) is 0.500. The summed E-state index contributed by atoms with van der Waals surface area (Å²) in [5, 5.41) is 2.55. The van der Waals surface area contributed by atoms with Crippen LogP contribution in [0.25, 0.3) is 0 Å². The number of amides is 1. The van der Waals surface area contributed by atoms with Crippen molar-refractivity contribution in [1.82, 2.24) is 14.5 Å². The number of ketones is 1. The van der Waals surface area contributed by atoms with Crippen LogP contribution in [0.15, 0.2) is 83.8 Å². The van der Waals surface area contributed by atoms with Gasteiger partial charge in [-0.2, -0.15) is 0 Å². The normalized spacial score (nSPS) is 13.5. The number of rotatable bonds is 18. The number of hydrogen-bond donors (Lipinski definition) is 1. The Morgan fingerprint density at radius 1 is 0.865 bits per heavy atom. The minimum atomic E-state index is -2.23. The molecule has 12 heteroatoms. The molecule has 10 nitrogen and oxygen atoms in total. The van der Waals surface area contributed by atoms with Crippen LogP contribution in [0.1, 0.15) is 83.9 Å². The second-order valence-corrected chi connectivity index (χ2v) is 20.7. The van der Waals surface area contributed by atoms with Crippen LogP contribution in [-0.2, 0) is 31.8 Å². The first-order chi connectivity index (χ1) is 24.5. The number of esters is 1. The molecule has 0 aliphatic rings. The summed E-state index contributed by atoms with van der Waals surface area (Å²) in [6.45, 7) is 18.1. The number of alkyl carbamates (subject to hydrolysis) is 1. The van der Waals surface area contributed by atoms with Gasteiger partial charge in [-0.25, -0.2) is 9.59 Å². The fourth-order valence-electron chi connectivity index (χ4n) is 6.73. The largest absolute Gasteiger partial charge is 0.461 e. The van der Waals surface area contributed by atoms with Crippen LogP contribution in [0.5, 0.6) is 0 Å². The maximum Gasteiger partial charge on any atom is 0.407 e. The molecule has 0 saturated heterocycles. The first-order valence-corrected chi connectivity index (χ1v) is 20.6. The number of carbonyl (C=O) groups excluding carboxylic acids is 3. The lowest BCUT2D eigenvalue weighted by atomic mass is 10.0. The van der Waals surface area contributed by atoms with Gasteiger partial charge < -0.3 is 19.2 Å². The highest BCUT2D eigenvalue weighted by Gasteiger charge is 2.46.